The van der Waals surface area contributed by atoms with Gasteiger partial charge in [-0.25, -0.2) is 14.4 Å². The van der Waals surface area contributed by atoms with Gasteiger partial charge in [-0.05, 0) is 46.2 Å². The fraction of sp³-hybridized carbons (Fsp3) is 0.577. The van der Waals surface area contributed by atoms with Gasteiger partial charge in [0.05, 0.1) is 18.1 Å². The van der Waals surface area contributed by atoms with E-state index in [-0.39, 0.29) is 13.0 Å². The zero-order valence-electron chi connectivity index (χ0n) is 22.0. The summed E-state index contributed by atoms with van der Waals surface area (Å²) in [6, 6.07) is 6.95. The first-order valence-electron chi connectivity index (χ1n) is 12.1. The van der Waals surface area contributed by atoms with Crippen LogP contribution in [0.2, 0.25) is 0 Å². The Morgan fingerprint density at radius 3 is 2.32 bits per heavy atom. The summed E-state index contributed by atoms with van der Waals surface area (Å²) < 4.78 is 26.8. The van der Waals surface area contributed by atoms with Gasteiger partial charge in [-0.3, -0.25) is 9.59 Å². The first-order valence-corrected chi connectivity index (χ1v) is 12.1. The number of rotatable bonds is 7. The number of amides is 1. The van der Waals surface area contributed by atoms with Crippen molar-refractivity contribution in [3.05, 3.63) is 35.9 Å². The number of nitrogens with one attached hydrogen (secondary N) is 1. The third-order valence-corrected chi connectivity index (χ3v) is 5.23. The predicted octanol–water partition coefficient (Wildman–Crippen LogP) is 2.80. The van der Waals surface area contributed by atoms with Crippen molar-refractivity contribution in [1.82, 2.24) is 5.32 Å². The quantitative estimate of drug-likeness (QED) is 0.420. The molecule has 0 aromatic heterocycles. The molecule has 0 saturated carbocycles. The van der Waals surface area contributed by atoms with Crippen molar-refractivity contribution < 1.29 is 47.7 Å². The summed E-state index contributed by atoms with van der Waals surface area (Å²) in [7, 11) is 0. The Bertz CT molecular complexity index is 969. The molecule has 1 saturated heterocycles. The average Bonchev–Trinajstić information content (AvgIpc) is 2.84. The van der Waals surface area contributed by atoms with Crippen LogP contribution in [0.15, 0.2) is 30.3 Å². The molecule has 1 N–H and O–H groups in total. The highest BCUT2D eigenvalue weighted by atomic mass is 16.6. The number of hydrogen-bond donors (Lipinski definition) is 1. The molecule has 1 amide bonds. The third-order valence-electron chi connectivity index (χ3n) is 5.23. The summed E-state index contributed by atoms with van der Waals surface area (Å²) in [6.07, 6.45) is -3.27. The zero-order chi connectivity index (χ0) is 27.8. The van der Waals surface area contributed by atoms with Crippen LogP contribution in [0.25, 0.3) is 0 Å². The van der Waals surface area contributed by atoms with Gasteiger partial charge in [-0.2, -0.15) is 0 Å². The lowest BCUT2D eigenvalue weighted by atomic mass is 9.94. The second-order valence-corrected chi connectivity index (χ2v) is 9.92. The molecule has 11 heteroatoms. The van der Waals surface area contributed by atoms with E-state index in [2.05, 4.69) is 5.32 Å². The van der Waals surface area contributed by atoms with Gasteiger partial charge in [0, 0.05) is 0 Å². The van der Waals surface area contributed by atoms with Crippen LogP contribution in [0, 0.1) is 11.8 Å². The number of esters is 4. The fourth-order valence-corrected chi connectivity index (χ4v) is 3.35. The van der Waals surface area contributed by atoms with E-state index >= 15 is 0 Å². The highest BCUT2D eigenvalue weighted by molar-refractivity contribution is 5.89. The number of carbonyl (C=O) groups is 5. The highest BCUT2D eigenvalue weighted by Gasteiger charge is 2.42. The molecule has 1 aliphatic heterocycles. The van der Waals surface area contributed by atoms with Crippen molar-refractivity contribution in [1.29, 1.82) is 0 Å². The summed E-state index contributed by atoms with van der Waals surface area (Å²) in [5.74, 6) is -4.55. The second kappa shape index (κ2) is 13.1. The van der Waals surface area contributed by atoms with Crippen molar-refractivity contribution in [2.45, 2.75) is 71.8 Å². The van der Waals surface area contributed by atoms with Gasteiger partial charge in [-0.15, -0.1) is 0 Å². The summed E-state index contributed by atoms with van der Waals surface area (Å²) in [5.41, 5.74) is -0.491. The molecule has 2 rings (SSSR count). The first kappa shape index (κ1) is 29.6. The molecule has 1 fully saturated rings. The number of cyclic esters (lactones) is 2. The highest BCUT2D eigenvalue weighted by Crippen LogP contribution is 2.24. The molecule has 204 valence electrons. The summed E-state index contributed by atoms with van der Waals surface area (Å²) >= 11 is 0. The minimum absolute atomic E-state index is 0.0699. The van der Waals surface area contributed by atoms with Gasteiger partial charge in [0.1, 0.15) is 24.2 Å². The van der Waals surface area contributed by atoms with Crippen molar-refractivity contribution in [3.63, 3.8) is 0 Å². The third kappa shape index (κ3) is 9.40. The summed E-state index contributed by atoms with van der Waals surface area (Å²) in [4.78, 5) is 62.8. The van der Waals surface area contributed by atoms with E-state index in [9.17, 15) is 24.0 Å². The molecule has 0 unspecified atom stereocenters. The smallest absolute Gasteiger partial charge is 0.408 e. The maximum absolute atomic E-state index is 13.1. The van der Waals surface area contributed by atoms with Crippen molar-refractivity contribution in [2.75, 3.05) is 13.2 Å². The van der Waals surface area contributed by atoms with Crippen LogP contribution in [0.1, 0.15) is 58.3 Å². The van der Waals surface area contributed by atoms with E-state index in [0.29, 0.717) is 5.56 Å². The van der Waals surface area contributed by atoms with Crippen LogP contribution in [-0.4, -0.2) is 67.0 Å². The number of hydrogen-bond acceptors (Lipinski definition) is 10. The average molecular weight is 522 g/mol. The zero-order valence-corrected chi connectivity index (χ0v) is 22.0. The molecule has 37 heavy (non-hydrogen) atoms. The van der Waals surface area contributed by atoms with Crippen LogP contribution in [-0.2, 0) is 38.1 Å². The van der Waals surface area contributed by atoms with Gasteiger partial charge in [-0.1, -0.05) is 32.0 Å². The Balaban J connectivity index is 2.20. The van der Waals surface area contributed by atoms with Crippen molar-refractivity contribution in [2.24, 2.45) is 11.8 Å². The molecule has 4 atom stereocenters. The Kier molecular flexibility index (Phi) is 10.5. The van der Waals surface area contributed by atoms with Crippen LogP contribution >= 0.6 is 0 Å². The lowest BCUT2D eigenvalue weighted by Gasteiger charge is -2.29. The topological polar surface area (TPSA) is 144 Å². The number of benzene rings is 1. The van der Waals surface area contributed by atoms with E-state index < -0.39 is 72.3 Å². The standard InChI is InChI=1S/C26H35NO10/c1-15(2)21(28)36-20-16(3)35-24(31)19(27-25(32)37-26(4,5)6)14-34-23(30)18(20)12-13-33-22(29)17-10-8-7-9-11-17/h7-11,15-16,18-20H,12-14H2,1-6H3,(H,27,32)/t16-,18+,19-,20-/m0/s1. The van der Waals surface area contributed by atoms with Crippen LogP contribution in [0.5, 0.6) is 0 Å². The molecular formula is C26H35NO10. The van der Waals surface area contributed by atoms with Crippen LogP contribution in [0.4, 0.5) is 4.79 Å². The van der Waals surface area contributed by atoms with Crippen LogP contribution < -0.4 is 5.32 Å². The molecule has 0 radical (unpaired) electrons. The molecule has 0 bridgehead atoms. The van der Waals surface area contributed by atoms with Gasteiger partial charge in [0.2, 0.25) is 0 Å². The summed E-state index contributed by atoms with van der Waals surface area (Å²) in [5, 5.41) is 2.34. The van der Waals surface area contributed by atoms with Crippen LogP contribution in [0.3, 0.4) is 0 Å². The lowest BCUT2D eigenvalue weighted by Crippen LogP contribution is -2.48. The van der Waals surface area contributed by atoms with Gasteiger partial charge in [0.15, 0.2) is 12.1 Å². The Morgan fingerprint density at radius 2 is 1.73 bits per heavy atom. The monoisotopic (exact) mass is 521 g/mol. The molecule has 0 aliphatic carbocycles. The van der Waals surface area contributed by atoms with E-state index in [4.69, 9.17) is 23.7 Å². The Hall–Kier alpha value is -3.63. The molecular weight excluding hydrogens is 486 g/mol. The molecule has 1 aromatic rings. The molecule has 1 heterocycles. The van der Waals surface area contributed by atoms with Gasteiger partial charge in [0.25, 0.3) is 0 Å². The first-order chi connectivity index (χ1) is 17.3. The Labute approximate surface area is 216 Å². The van der Waals surface area contributed by atoms with Gasteiger partial charge < -0.3 is 29.0 Å². The lowest BCUT2D eigenvalue weighted by molar-refractivity contribution is -0.177. The fourth-order valence-electron chi connectivity index (χ4n) is 3.35. The number of alkyl carbamates (subject to hydrolysis) is 1. The molecule has 0 spiro atoms. The maximum atomic E-state index is 13.1. The maximum Gasteiger partial charge on any atom is 0.408 e. The van der Waals surface area contributed by atoms with Crippen molar-refractivity contribution in [3.8, 4) is 0 Å². The minimum atomic E-state index is -1.35. The number of carbonyl (C=O) groups excluding carboxylic acids is 5. The molecule has 1 aromatic carbocycles. The normalized spacial score (nSPS) is 22.5. The van der Waals surface area contributed by atoms with E-state index in [1.807, 2.05) is 0 Å². The largest absolute Gasteiger partial charge is 0.463 e. The van der Waals surface area contributed by atoms with E-state index in [1.54, 1.807) is 65.0 Å². The predicted molar refractivity (Wildman–Crippen MR) is 129 cm³/mol. The van der Waals surface area contributed by atoms with Gasteiger partial charge >= 0.3 is 30.0 Å². The van der Waals surface area contributed by atoms with Crippen molar-refractivity contribution >= 4 is 30.0 Å². The summed E-state index contributed by atoms with van der Waals surface area (Å²) in [6.45, 7) is 8.92. The van der Waals surface area contributed by atoms with E-state index in [1.165, 1.54) is 6.92 Å². The minimum Gasteiger partial charge on any atom is -0.463 e. The number of ether oxygens (including phenoxy) is 5. The second-order valence-electron chi connectivity index (χ2n) is 9.92. The Morgan fingerprint density at radius 1 is 1.08 bits per heavy atom. The SMILES string of the molecule is CC(C)C(=O)O[C@H]1[C@H](C)OC(=O)[C@@H](NC(=O)OC(C)(C)C)COC(=O)[C@@H]1CCOC(=O)c1ccccc1. The van der Waals surface area contributed by atoms with E-state index in [0.717, 1.165) is 0 Å². The molecule has 1 aliphatic rings. The molecule has 11 nitrogen and oxygen atoms in total.